The molecule has 0 aromatic rings. The van der Waals surface area contributed by atoms with Gasteiger partial charge < -0.3 is 20.9 Å². The van der Waals surface area contributed by atoms with E-state index >= 15 is 0 Å². The number of carbonyl (C=O) groups is 3. The highest BCUT2D eigenvalue weighted by Gasteiger charge is 2.19. The van der Waals surface area contributed by atoms with Gasteiger partial charge in [-0.1, -0.05) is 134 Å². The van der Waals surface area contributed by atoms with Crippen molar-refractivity contribution in [1.82, 2.24) is 5.32 Å². The van der Waals surface area contributed by atoms with Crippen LogP contribution in [0.15, 0.2) is 24.3 Å². The molecule has 0 aliphatic rings. The number of amides is 1. The van der Waals surface area contributed by atoms with Gasteiger partial charge in [0.2, 0.25) is 5.91 Å². The Kier molecular flexibility index (Phi) is 37.4. The van der Waals surface area contributed by atoms with Gasteiger partial charge in [-0.15, -0.1) is 0 Å². The zero-order valence-corrected chi connectivity index (χ0v) is 33.5. The Hall–Kier alpha value is -2.15. The summed E-state index contributed by atoms with van der Waals surface area (Å²) in [5, 5.41) is 11.9. The third kappa shape index (κ3) is 36.0. The number of esters is 1. The van der Waals surface area contributed by atoms with Gasteiger partial charge in [0.1, 0.15) is 12.1 Å². The second-order valence-corrected chi connectivity index (χ2v) is 14.7. The molecule has 0 aliphatic carbocycles. The van der Waals surface area contributed by atoms with Crippen molar-refractivity contribution in [2.45, 2.75) is 231 Å². The summed E-state index contributed by atoms with van der Waals surface area (Å²) in [6.45, 7) is 4.93. The van der Waals surface area contributed by atoms with Crippen molar-refractivity contribution in [3.05, 3.63) is 24.3 Å². The minimum absolute atomic E-state index is 0.0184. The number of rotatable bonds is 39. The highest BCUT2D eigenvalue weighted by atomic mass is 16.5. The van der Waals surface area contributed by atoms with Crippen LogP contribution < -0.4 is 11.1 Å². The summed E-state index contributed by atoms with van der Waals surface area (Å²) < 4.78 is 6.02. The summed E-state index contributed by atoms with van der Waals surface area (Å²) >= 11 is 0. The number of nitrogens with one attached hydrogen (secondary N) is 1. The molecule has 0 aromatic carbocycles. The second-order valence-electron chi connectivity index (χ2n) is 14.7. The van der Waals surface area contributed by atoms with Gasteiger partial charge in [-0.2, -0.15) is 0 Å². The molecule has 0 saturated heterocycles. The van der Waals surface area contributed by atoms with E-state index in [2.05, 4.69) is 43.5 Å². The predicted octanol–water partition coefficient (Wildman–Crippen LogP) is 12.1. The lowest BCUT2D eigenvalue weighted by molar-refractivity contribution is -0.150. The lowest BCUT2D eigenvalue weighted by Crippen LogP contribution is -2.40. The molecule has 0 rings (SSSR count). The molecule has 0 aliphatic heterocycles. The van der Waals surface area contributed by atoms with Gasteiger partial charge in [-0.05, 0) is 103 Å². The molecule has 298 valence electrons. The standard InChI is InChI=1S/C44H82N2O5/c1-3-5-7-9-11-13-15-16-17-19-21-23-28-32-38-43(48)51-40(34-29-25-22-20-18-14-12-10-8-6-4-2)35-30-26-24-27-31-37-42(47)46-41(44(49)50)36-33-39-45/h15-16,20,22,40-41H,3-14,17-19,21,23-39,45H2,1-2H3,(H,46,47)(H,49,50)/b16-15-,22-20-. The summed E-state index contributed by atoms with van der Waals surface area (Å²) in [6.07, 6.45) is 43.6. The number of hydrogen-bond donors (Lipinski definition) is 3. The molecule has 2 atom stereocenters. The van der Waals surface area contributed by atoms with Gasteiger partial charge in [0.15, 0.2) is 0 Å². The van der Waals surface area contributed by atoms with Crippen LogP contribution in [0.1, 0.15) is 219 Å². The minimum atomic E-state index is -1.01. The number of carboxylic acid groups (broad SMARTS) is 1. The predicted molar refractivity (Wildman–Crippen MR) is 216 cm³/mol. The van der Waals surface area contributed by atoms with Gasteiger partial charge in [-0.3, -0.25) is 9.59 Å². The molecule has 51 heavy (non-hydrogen) atoms. The first kappa shape index (κ1) is 48.9. The summed E-state index contributed by atoms with van der Waals surface area (Å²) in [4.78, 5) is 36.3. The average Bonchev–Trinajstić information content (AvgIpc) is 3.11. The SMILES string of the molecule is CCCCCCC/C=C\CCCCCCCC(=O)OC(CCC/C=C\CCCCCCCC)CCCCCCCC(=O)NC(CCCN)C(=O)O. The highest BCUT2D eigenvalue weighted by molar-refractivity contribution is 5.83. The highest BCUT2D eigenvalue weighted by Crippen LogP contribution is 2.18. The molecule has 0 fully saturated rings. The number of carbonyl (C=O) groups excluding carboxylic acids is 2. The molecule has 7 heteroatoms. The van der Waals surface area contributed by atoms with E-state index in [-0.39, 0.29) is 18.0 Å². The van der Waals surface area contributed by atoms with E-state index in [0.717, 1.165) is 77.0 Å². The van der Waals surface area contributed by atoms with Gasteiger partial charge >= 0.3 is 11.9 Å². The third-order valence-electron chi connectivity index (χ3n) is 9.74. The van der Waals surface area contributed by atoms with E-state index in [4.69, 9.17) is 10.5 Å². The number of ether oxygens (including phenoxy) is 1. The van der Waals surface area contributed by atoms with Gasteiger partial charge in [0, 0.05) is 12.8 Å². The maximum Gasteiger partial charge on any atom is 0.326 e. The van der Waals surface area contributed by atoms with Crippen LogP contribution in [-0.2, 0) is 19.1 Å². The van der Waals surface area contributed by atoms with E-state index in [9.17, 15) is 19.5 Å². The van der Waals surface area contributed by atoms with Gasteiger partial charge in [0.05, 0.1) is 0 Å². The van der Waals surface area contributed by atoms with E-state index in [1.165, 1.54) is 103 Å². The van der Waals surface area contributed by atoms with Gasteiger partial charge in [-0.25, -0.2) is 4.79 Å². The topological polar surface area (TPSA) is 119 Å². The summed E-state index contributed by atoms with van der Waals surface area (Å²) in [5.41, 5.74) is 5.48. The first-order valence-electron chi connectivity index (χ1n) is 21.7. The number of hydrogen-bond acceptors (Lipinski definition) is 5. The van der Waals surface area contributed by atoms with Crippen LogP contribution in [0.25, 0.3) is 0 Å². The maximum atomic E-state index is 12.8. The summed E-state index contributed by atoms with van der Waals surface area (Å²) in [7, 11) is 0. The number of nitrogens with two attached hydrogens (primary N) is 1. The van der Waals surface area contributed by atoms with Crippen molar-refractivity contribution < 1.29 is 24.2 Å². The fraction of sp³-hybridized carbons (Fsp3) is 0.841. The molecule has 0 spiro atoms. The summed E-state index contributed by atoms with van der Waals surface area (Å²) in [6, 6.07) is -0.858. The Labute approximate surface area is 314 Å². The normalized spacial score (nSPS) is 12.8. The number of carboxylic acids is 1. The Morgan fingerprint density at radius 3 is 1.49 bits per heavy atom. The van der Waals surface area contributed by atoms with E-state index in [1.807, 2.05) is 0 Å². The van der Waals surface area contributed by atoms with Crippen LogP contribution in [0.3, 0.4) is 0 Å². The molecule has 0 heterocycles. The quantitative estimate of drug-likeness (QED) is 0.0331. The first-order chi connectivity index (χ1) is 24.9. The molecule has 2 unspecified atom stereocenters. The molecular formula is C44H82N2O5. The first-order valence-corrected chi connectivity index (χ1v) is 21.7. The largest absolute Gasteiger partial charge is 0.480 e. The molecule has 0 aromatic heterocycles. The monoisotopic (exact) mass is 719 g/mol. The fourth-order valence-corrected chi connectivity index (χ4v) is 6.45. The zero-order valence-electron chi connectivity index (χ0n) is 33.5. The molecule has 1 amide bonds. The van der Waals surface area contributed by atoms with E-state index in [0.29, 0.717) is 32.2 Å². The van der Waals surface area contributed by atoms with Crippen molar-refractivity contribution in [3.8, 4) is 0 Å². The summed E-state index contributed by atoms with van der Waals surface area (Å²) in [5.74, 6) is -1.25. The Morgan fingerprint density at radius 1 is 0.549 bits per heavy atom. The Morgan fingerprint density at radius 2 is 0.980 bits per heavy atom. The maximum absolute atomic E-state index is 12.8. The van der Waals surface area contributed by atoms with Crippen molar-refractivity contribution >= 4 is 17.8 Å². The van der Waals surface area contributed by atoms with E-state index in [1.54, 1.807) is 0 Å². The fourth-order valence-electron chi connectivity index (χ4n) is 6.45. The average molecular weight is 719 g/mol. The van der Waals surface area contributed by atoms with Gasteiger partial charge in [0.25, 0.3) is 0 Å². The number of unbranched alkanes of at least 4 members (excludes halogenated alkanes) is 21. The van der Waals surface area contributed by atoms with Crippen LogP contribution >= 0.6 is 0 Å². The molecule has 0 bridgehead atoms. The smallest absolute Gasteiger partial charge is 0.326 e. The molecule has 7 nitrogen and oxygen atoms in total. The van der Waals surface area contributed by atoms with Crippen LogP contribution in [0, 0.1) is 0 Å². The second kappa shape index (κ2) is 39.1. The molecule has 4 N–H and O–H groups in total. The minimum Gasteiger partial charge on any atom is -0.480 e. The molecule has 0 radical (unpaired) electrons. The molecule has 0 saturated carbocycles. The lowest BCUT2D eigenvalue weighted by atomic mass is 10.0. The Balaban J connectivity index is 4.35. The zero-order chi connectivity index (χ0) is 37.5. The Bertz CT molecular complexity index is 858. The van der Waals surface area contributed by atoms with Crippen LogP contribution in [0.2, 0.25) is 0 Å². The third-order valence-corrected chi connectivity index (χ3v) is 9.74. The van der Waals surface area contributed by atoms with Crippen LogP contribution in [-0.4, -0.2) is 41.6 Å². The lowest BCUT2D eigenvalue weighted by Gasteiger charge is -2.18. The van der Waals surface area contributed by atoms with Crippen molar-refractivity contribution in [2.75, 3.05) is 6.54 Å². The van der Waals surface area contributed by atoms with Crippen LogP contribution in [0.4, 0.5) is 0 Å². The van der Waals surface area contributed by atoms with Crippen LogP contribution in [0.5, 0.6) is 0 Å². The number of allylic oxidation sites excluding steroid dienone is 4. The van der Waals surface area contributed by atoms with E-state index < -0.39 is 12.0 Å². The van der Waals surface area contributed by atoms with Crippen molar-refractivity contribution in [3.63, 3.8) is 0 Å². The molecular weight excluding hydrogens is 636 g/mol. The van der Waals surface area contributed by atoms with Crippen molar-refractivity contribution in [1.29, 1.82) is 0 Å². The van der Waals surface area contributed by atoms with Crippen molar-refractivity contribution in [2.24, 2.45) is 5.73 Å². The number of aliphatic carboxylic acids is 1.